The van der Waals surface area contributed by atoms with E-state index in [2.05, 4.69) is 15.3 Å². The van der Waals surface area contributed by atoms with E-state index < -0.39 is 16.6 Å². The monoisotopic (exact) mass is 409 g/mol. The van der Waals surface area contributed by atoms with E-state index in [1.54, 1.807) is 18.2 Å². The van der Waals surface area contributed by atoms with E-state index >= 15 is 0 Å². The Kier molecular flexibility index (Phi) is 5.42. The van der Waals surface area contributed by atoms with Crippen LogP contribution in [0.5, 0.6) is 0 Å². The first-order valence-corrected chi connectivity index (χ1v) is 9.66. The maximum absolute atomic E-state index is 13.8. The van der Waals surface area contributed by atoms with Crippen molar-refractivity contribution in [3.8, 4) is 5.69 Å². The van der Waals surface area contributed by atoms with Gasteiger partial charge in [0.05, 0.1) is 33.7 Å². The third-order valence-corrected chi connectivity index (χ3v) is 5.07. The van der Waals surface area contributed by atoms with Crippen molar-refractivity contribution in [3.05, 3.63) is 76.4 Å². The predicted molar refractivity (Wildman–Crippen MR) is 111 cm³/mol. The summed E-state index contributed by atoms with van der Waals surface area (Å²) in [4.78, 5) is 25.2. The summed E-state index contributed by atoms with van der Waals surface area (Å²) in [7, 11) is 0. The Balaban J connectivity index is 1.53. The number of piperidine rings is 1. The number of hydrogen-bond acceptors (Lipinski definition) is 5. The fourth-order valence-electron chi connectivity index (χ4n) is 3.52. The van der Waals surface area contributed by atoms with Crippen molar-refractivity contribution in [3.63, 3.8) is 0 Å². The number of carbonyl (C=O) groups excluding carboxylic acids is 1. The number of hydrogen-bond donors (Lipinski definition) is 1. The molecule has 1 aliphatic heterocycles. The fourth-order valence-corrected chi connectivity index (χ4v) is 3.52. The minimum atomic E-state index is -0.481. The molecule has 30 heavy (non-hydrogen) atoms. The standard InChI is InChI=1S/C21H20FN5O3/c22-16-4-9-20(25-10-2-1-3-11-25)19(12-16)24-21(28)15-13-23-26(14-15)17-5-7-18(8-6-17)27(29)30/h4-9,12-14H,1-3,10-11H2,(H,24,28). The van der Waals surface area contributed by atoms with Crippen LogP contribution in [0.25, 0.3) is 5.69 Å². The summed E-state index contributed by atoms with van der Waals surface area (Å²) < 4.78 is 15.3. The first kappa shape index (κ1) is 19.6. The Hall–Kier alpha value is -3.75. The molecule has 0 radical (unpaired) electrons. The molecule has 1 aliphatic rings. The van der Waals surface area contributed by atoms with Crippen molar-refractivity contribution >= 4 is 23.0 Å². The van der Waals surface area contributed by atoms with Crippen LogP contribution in [0.2, 0.25) is 0 Å². The highest BCUT2D eigenvalue weighted by atomic mass is 19.1. The molecule has 0 saturated carbocycles. The van der Waals surface area contributed by atoms with Crippen molar-refractivity contribution in [1.82, 2.24) is 9.78 Å². The van der Waals surface area contributed by atoms with Crippen molar-refractivity contribution in [2.75, 3.05) is 23.3 Å². The molecule has 0 spiro atoms. The number of benzene rings is 2. The van der Waals surface area contributed by atoms with E-state index in [-0.39, 0.29) is 5.69 Å². The maximum Gasteiger partial charge on any atom is 0.269 e. The van der Waals surface area contributed by atoms with Gasteiger partial charge in [-0.1, -0.05) is 0 Å². The maximum atomic E-state index is 13.8. The van der Waals surface area contributed by atoms with Gasteiger partial charge in [0.25, 0.3) is 11.6 Å². The second-order valence-corrected chi connectivity index (χ2v) is 7.11. The molecule has 1 aromatic heterocycles. The molecule has 0 bridgehead atoms. The molecule has 1 N–H and O–H groups in total. The lowest BCUT2D eigenvalue weighted by Gasteiger charge is -2.30. The molecule has 3 aromatic rings. The number of nitro benzene ring substituents is 1. The third-order valence-electron chi connectivity index (χ3n) is 5.07. The molecular formula is C21H20FN5O3. The number of halogens is 1. The van der Waals surface area contributed by atoms with Gasteiger partial charge in [0.2, 0.25) is 0 Å². The summed E-state index contributed by atoms with van der Waals surface area (Å²) in [5.74, 6) is -0.834. The van der Waals surface area contributed by atoms with Crippen molar-refractivity contribution in [1.29, 1.82) is 0 Å². The smallest absolute Gasteiger partial charge is 0.269 e. The molecule has 1 amide bonds. The topological polar surface area (TPSA) is 93.3 Å². The lowest BCUT2D eigenvalue weighted by Crippen LogP contribution is -2.30. The Morgan fingerprint density at radius 2 is 1.83 bits per heavy atom. The normalized spacial score (nSPS) is 13.8. The molecule has 0 unspecified atom stereocenters. The Labute approximate surface area is 172 Å². The summed E-state index contributed by atoms with van der Waals surface area (Å²) in [5, 5.41) is 17.7. The molecular weight excluding hydrogens is 389 g/mol. The number of nitrogens with zero attached hydrogens (tertiary/aromatic N) is 4. The number of rotatable bonds is 5. The predicted octanol–water partition coefficient (Wildman–Crippen LogP) is 4.16. The average molecular weight is 409 g/mol. The number of non-ortho nitro benzene ring substituents is 1. The molecule has 4 rings (SSSR count). The average Bonchev–Trinajstić information content (AvgIpc) is 3.25. The van der Waals surface area contributed by atoms with Crippen LogP contribution in [0.1, 0.15) is 29.6 Å². The third kappa shape index (κ3) is 4.14. The second kappa shape index (κ2) is 8.32. The zero-order valence-electron chi connectivity index (χ0n) is 16.1. The minimum Gasteiger partial charge on any atom is -0.370 e. The molecule has 154 valence electrons. The van der Waals surface area contributed by atoms with Crippen LogP contribution in [0.15, 0.2) is 54.9 Å². The molecule has 0 atom stereocenters. The zero-order valence-corrected chi connectivity index (χ0v) is 16.1. The molecule has 9 heteroatoms. The Bertz CT molecular complexity index is 1070. The summed E-state index contributed by atoms with van der Waals surface area (Å²) in [6.07, 6.45) is 6.22. The van der Waals surface area contributed by atoms with Crippen LogP contribution in [0.3, 0.4) is 0 Å². The molecule has 1 fully saturated rings. The summed E-state index contributed by atoms with van der Waals surface area (Å²) in [6.45, 7) is 1.74. The first-order chi connectivity index (χ1) is 14.5. The quantitative estimate of drug-likeness (QED) is 0.504. The Morgan fingerprint density at radius 3 is 2.53 bits per heavy atom. The van der Waals surface area contributed by atoms with Gasteiger partial charge >= 0.3 is 0 Å². The van der Waals surface area contributed by atoms with Gasteiger partial charge in [0.15, 0.2) is 0 Å². The number of anilines is 2. The van der Waals surface area contributed by atoms with Gasteiger partial charge in [-0.3, -0.25) is 14.9 Å². The van der Waals surface area contributed by atoms with Crippen LogP contribution in [-0.2, 0) is 0 Å². The van der Waals surface area contributed by atoms with E-state index in [9.17, 15) is 19.3 Å². The minimum absolute atomic E-state index is 0.0276. The highest BCUT2D eigenvalue weighted by Crippen LogP contribution is 2.30. The number of nitrogens with one attached hydrogen (secondary N) is 1. The van der Waals surface area contributed by atoms with Crippen molar-refractivity contribution in [2.24, 2.45) is 0 Å². The van der Waals surface area contributed by atoms with E-state index in [1.165, 1.54) is 47.8 Å². The van der Waals surface area contributed by atoms with Crippen molar-refractivity contribution in [2.45, 2.75) is 19.3 Å². The summed E-state index contributed by atoms with van der Waals surface area (Å²) in [5.41, 5.74) is 2.07. The van der Waals surface area contributed by atoms with Crippen LogP contribution >= 0.6 is 0 Å². The van der Waals surface area contributed by atoms with E-state index in [4.69, 9.17) is 0 Å². The van der Waals surface area contributed by atoms with Gasteiger partial charge in [-0.25, -0.2) is 9.07 Å². The van der Waals surface area contributed by atoms with Gasteiger partial charge in [-0.15, -0.1) is 0 Å². The summed E-state index contributed by atoms with van der Waals surface area (Å²) in [6, 6.07) is 10.2. The SMILES string of the molecule is O=C(Nc1cc(F)ccc1N1CCCCC1)c1cnn(-c2ccc([N+](=O)[O-])cc2)c1. The molecule has 1 saturated heterocycles. The van der Waals surface area contributed by atoms with E-state index in [1.807, 2.05) is 0 Å². The van der Waals surface area contributed by atoms with Crippen LogP contribution in [0, 0.1) is 15.9 Å². The molecule has 2 heterocycles. The fraction of sp³-hybridized carbons (Fsp3) is 0.238. The Morgan fingerprint density at radius 1 is 1.10 bits per heavy atom. The lowest BCUT2D eigenvalue weighted by molar-refractivity contribution is -0.384. The number of amides is 1. The van der Waals surface area contributed by atoms with Crippen LogP contribution in [0.4, 0.5) is 21.5 Å². The lowest BCUT2D eigenvalue weighted by atomic mass is 10.1. The summed E-state index contributed by atoms with van der Waals surface area (Å²) >= 11 is 0. The molecule has 8 nitrogen and oxygen atoms in total. The van der Waals surface area contributed by atoms with Gasteiger partial charge in [-0.2, -0.15) is 5.10 Å². The first-order valence-electron chi connectivity index (χ1n) is 9.66. The zero-order chi connectivity index (χ0) is 21.1. The van der Waals surface area contributed by atoms with Crippen LogP contribution in [-0.4, -0.2) is 33.7 Å². The number of nitro groups is 1. The highest BCUT2D eigenvalue weighted by Gasteiger charge is 2.18. The van der Waals surface area contributed by atoms with Gasteiger partial charge < -0.3 is 10.2 Å². The highest BCUT2D eigenvalue weighted by molar-refractivity contribution is 6.05. The van der Waals surface area contributed by atoms with E-state index in [0.717, 1.165) is 31.6 Å². The van der Waals surface area contributed by atoms with Crippen LogP contribution < -0.4 is 10.2 Å². The number of aromatic nitrogens is 2. The van der Waals surface area contributed by atoms with Crippen molar-refractivity contribution < 1.29 is 14.1 Å². The van der Waals surface area contributed by atoms with E-state index in [0.29, 0.717) is 16.9 Å². The number of carbonyl (C=O) groups is 1. The van der Waals surface area contributed by atoms with Gasteiger partial charge in [-0.05, 0) is 49.6 Å². The van der Waals surface area contributed by atoms with Gasteiger partial charge in [0.1, 0.15) is 5.82 Å². The molecule has 2 aromatic carbocycles. The molecule has 0 aliphatic carbocycles. The largest absolute Gasteiger partial charge is 0.370 e. The second-order valence-electron chi connectivity index (χ2n) is 7.11. The van der Waals surface area contributed by atoms with Gasteiger partial charge in [0, 0.05) is 31.4 Å².